The second-order valence-corrected chi connectivity index (χ2v) is 5.75. The molecule has 3 rings (SSSR count). The van der Waals surface area contributed by atoms with Crippen molar-refractivity contribution in [3.63, 3.8) is 0 Å². The molecule has 3 aromatic heterocycles. The smallest absolute Gasteiger partial charge is 0.378 e. The van der Waals surface area contributed by atoms with E-state index in [9.17, 15) is 23.3 Å². The Labute approximate surface area is 154 Å². The van der Waals surface area contributed by atoms with Gasteiger partial charge in [0.15, 0.2) is 5.65 Å². The summed E-state index contributed by atoms with van der Waals surface area (Å²) < 4.78 is 44.6. The van der Waals surface area contributed by atoms with Crippen molar-refractivity contribution in [3.05, 3.63) is 56.9 Å². The molecule has 7 nitrogen and oxygen atoms in total. The number of ether oxygens (including phenoxy) is 1. The zero-order valence-corrected chi connectivity index (χ0v) is 14.4. The molecule has 3 aromatic rings. The first-order valence-electron chi connectivity index (χ1n) is 7.39. The summed E-state index contributed by atoms with van der Waals surface area (Å²) in [6.45, 7) is -0.213. The average Bonchev–Trinajstić information content (AvgIpc) is 2.60. The SMILES string of the molecule is COCc1nc2nc(-c3ncccc3C(F)(F)F)ccc2c(Cl)c1[N+](=O)[O-]. The zero-order chi connectivity index (χ0) is 19.8. The molecule has 0 atom stereocenters. The molecule has 11 heteroatoms. The summed E-state index contributed by atoms with van der Waals surface area (Å²) in [4.78, 5) is 22.5. The molecule has 0 fully saturated rings. The van der Waals surface area contributed by atoms with Crippen LogP contribution < -0.4 is 0 Å². The Balaban J connectivity index is 2.26. The van der Waals surface area contributed by atoms with Crippen LogP contribution in [0.1, 0.15) is 11.3 Å². The second kappa shape index (κ2) is 7.05. The molecule has 0 aliphatic carbocycles. The van der Waals surface area contributed by atoms with E-state index in [-0.39, 0.29) is 39.7 Å². The normalized spacial score (nSPS) is 11.7. The van der Waals surface area contributed by atoms with E-state index in [2.05, 4.69) is 15.0 Å². The van der Waals surface area contributed by atoms with Crippen LogP contribution in [-0.4, -0.2) is 27.0 Å². The number of alkyl halides is 3. The maximum Gasteiger partial charge on any atom is 0.418 e. The van der Waals surface area contributed by atoms with Crippen molar-refractivity contribution in [3.8, 4) is 11.4 Å². The third-order valence-corrected chi connectivity index (χ3v) is 4.04. The Morgan fingerprint density at radius 1 is 1.26 bits per heavy atom. The number of pyridine rings is 3. The third-order valence-electron chi connectivity index (χ3n) is 3.65. The number of nitro groups is 1. The van der Waals surface area contributed by atoms with Crippen LogP contribution in [0.5, 0.6) is 0 Å². The van der Waals surface area contributed by atoms with E-state index in [0.29, 0.717) is 0 Å². The first-order valence-corrected chi connectivity index (χ1v) is 7.77. The highest BCUT2D eigenvalue weighted by Gasteiger charge is 2.35. The van der Waals surface area contributed by atoms with Crippen molar-refractivity contribution in [1.82, 2.24) is 15.0 Å². The first kappa shape index (κ1) is 18.9. The van der Waals surface area contributed by atoms with Crippen LogP contribution in [0.25, 0.3) is 22.4 Å². The summed E-state index contributed by atoms with van der Waals surface area (Å²) in [6, 6.07) is 4.64. The number of nitrogens with zero attached hydrogens (tertiary/aromatic N) is 4. The topological polar surface area (TPSA) is 91.0 Å². The van der Waals surface area contributed by atoms with Crippen LogP contribution >= 0.6 is 11.6 Å². The minimum atomic E-state index is -4.62. The summed E-state index contributed by atoms with van der Waals surface area (Å²) in [5.74, 6) is 0. The van der Waals surface area contributed by atoms with Crippen LogP contribution in [0, 0.1) is 10.1 Å². The Morgan fingerprint density at radius 3 is 2.63 bits per heavy atom. The number of fused-ring (bicyclic) bond motifs is 1. The van der Waals surface area contributed by atoms with Gasteiger partial charge in [0.05, 0.1) is 22.8 Å². The summed E-state index contributed by atoms with van der Waals surface area (Å²) in [6.07, 6.45) is -3.41. The van der Waals surface area contributed by atoms with Crippen molar-refractivity contribution in [2.45, 2.75) is 12.8 Å². The van der Waals surface area contributed by atoms with Gasteiger partial charge < -0.3 is 4.74 Å². The van der Waals surface area contributed by atoms with Gasteiger partial charge in [-0.3, -0.25) is 15.1 Å². The minimum Gasteiger partial charge on any atom is -0.378 e. The fourth-order valence-electron chi connectivity index (χ4n) is 2.53. The fourth-order valence-corrected chi connectivity index (χ4v) is 2.86. The van der Waals surface area contributed by atoms with Gasteiger partial charge in [0.1, 0.15) is 16.4 Å². The number of aromatic nitrogens is 3. The Bertz CT molecular complexity index is 1040. The van der Waals surface area contributed by atoms with E-state index in [4.69, 9.17) is 16.3 Å². The largest absolute Gasteiger partial charge is 0.418 e. The highest BCUT2D eigenvalue weighted by molar-refractivity contribution is 6.37. The number of hydrogen-bond donors (Lipinski definition) is 0. The zero-order valence-electron chi connectivity index (χ0n) is 13.6. The maximum atomic E-state index is 13.2. The van der Waals surface area contributed by atoms with Gasteiger partial charge in [0, 0.05) is 18.7 Å². The second-order valence-electron chi connectivity index (χ2n) is 5.38. The fraction of sp³-hybridized carbons (Fsp3) is 0.188. The van der Waals surface area contributed by atoms with Gasteiger partial charge in [-0.2, -0.15) is 13.2 Å². The van der Waals surface area contributed by atoms with Gasteiger partial charge in [-0.05, 0) is 24.3 Å². The van der Waals surface area contributed by atoms with Crippen LogP contribution in [-0.2, 0) is 17.5 Å². The highest BCUT2D eigenvalue weighted by Crippen LogP contribution is 2.37. The quantitative estimate of drug-likeness (QED) is 0.477. The molecule has 27 heavy (non-hydrogen) atoms. The number of methoxy groups -OCH3 is 1. The van der Waals surface area contributed by atoms with Crippen LogP contribution in [0.3, 0.4) is 0 Å². The molecule has 0 N–H and O–H groups in total. The molecule has 0 radical (unpaired) electrons. The van der Waals surface area contributed by atoms with E-state index < -0.39 is 22.4 Å². The summed E-state index contributed by atoms with van der Waals surface area (Å²) >= 11 is 6.11. The van der Waals surface area contributed by atoms with Gasteiger partial charge in [-0.25, -0.2) is 9.97 Å². The summed E-state index contributed by atoms with van der Waals surface area (Å²) in [5, 5.41) is 11.2. The number of halogens is 4. The maximum absolute atomic E-state index is 13.2. The van der Waals surface area contributed by atoms with Crippen molar-refractivity contribution >= 4 is 28.3 Å². The van der Waals surface area contributed by atoms with Crippen molar-refractivity contribution in [2.75, 3.05) is 7.11 Å². The molecular formula is C16H10ClF3N4O3. The van der Waals surface area contributed by atoms with Crippen LogP contribution in [0.15, 0.2) is 30.5 Å². The molecule has 0 aromatic carbocycles. The van der Waals surface area contributed by atoms with Crippen molar-refractivity contribution in [2.24, 2.45) is 0 Å². The Kier molecular flexibility index (Phi) is 4.94. The van der Waals surface area contributed by atoms with E-state index in [1.807, 2.05) is 0 Å². The lowest BCUT2D eigenvalue weighted by Crippen LogP contribution is -2.09. The van der Waals surface area contributed by atoms with Gasteiger partial charge in [-0.1, -0.05) is 11.6 Å². The lowest BCUT2D eigenvalue weighted by atomic mass is 10.1. The summed E-state index contributed by atoms with van der Waals surface area (Å²) in [7, 11) is 1.32. The Hall–Kier alpha value is -2.85. The monoisotopic (exact) mass is 398 g/mol. The Morgan fingerprint density at radius 2 is 2.00 bits per heavy atom. The first-order chi connectivity index (χ1) is 12.7. The average molecular weight is 399 g/mol. The highest BCUT2D eigenvalue weighted by atomic mass is 35.5. The van der Waals surface area contributed by atoms with Gasteiger partial charge >= 0.3 is 11.9 Å². The molecule has 140 valence electrons. The molecule has 0 aliphatic heterocycles. The molecule has 0 bridgehead atoms. The molecule has 3 heterocycles. The number of rotatable bonds is 4. The van der Waals surface area contributed by atoms with E-state index in [0.717, 1.165) is 6.07 Å². The molecular weight excluding hydrogens is 389 g/mol. The van der Waals surface area contributed by atoms with E-state index in [1.165, 1.54) is 31.5 Å². The van der Waals surface area contributed by atoms with Crippen molar-refractivity contribution < 1.29 is 22.8 Å². The molecule has 0 saturated carbocycles. The minimum absolute atomic E-state index is 0.0473. The van der Waals surface area contributed by atoms with Crippen LogP contribution in [0.2, 0.25) is 5.02 Å². The third kappa shape index (κ3) is 3.53. The van der Waals surface area contributed by atoms with Gasteiger partial charge in [-0.15, -0.1) is 0 Å². The lowest BCUT2D eigenvalue weighted by Gasteiger charge is -2.12. The standard InChI is InChI=1S/C16H10ClF3N4O3/c1-27-7-11-14(24(25)26)12(17)8-4-5-10(22-15(8)23-11)13-9(16(18,19)20)3-2-6-21-13/h2-6H,7H2,1H3. The van der Waals surface area contributed by atoms with Crippen molar-refractivity contribution in [1.29, 1.82) is 0 Å². The van der Waals surface area contributed by atoms with E-state index in [1.54, 1.807) is 0 Å². The molecule has 0 spiro atoms. The predicted octanol–water partition coefficient (Wildman–Crippen LogP) is 4.42. The van der Waals surface area contributed by atoms with Crippen LogP contribution in [0.4, 0.5) is 18.9 Å². The lowest BCUT2D eigenvalue weighted by molar-refractivity contribution is -0.386. The van der Waals surface area contributed by atoms with Gasteiger partial charge in [0.2, 0.25) is 0 Å². The predicted molar refractivity (Wildman–Crippen MR) is 90.1 cm³/mol. The molecule has 0 amide bonds. The summed E-state index contributed by atoms with van der Waals surface area (Å²) in [5.41, 5.74) is -1.99. The van der Waals surface area contributed by atoms with E-state index >= 15 is 0 Å². The van der Waals surface area contributed by atoms with Gasteiger partial charge in [0.25, 0.3) is 0 Å². The number of hydrogen-bond acceptors (Lipinski definition) is 6. The molecule has 0 unspecified atom stereocenters. The molecule has 0 saturated heterocycles. The molecule has 0 aliphatic rings.